The summed E-state index contributed by atoms with van der Waals surface area (Å²) in [5, 5.41) is 9.94. The number of fused-ring (bicyclic) bond motifs is 7. The monoisotopic (exact) mass is 636 g/mol. The van der Waals surface area contributed by atoms with Gasteiger partial charge in [-0.2, -0.15) is 0 Å². The van der Waals surface area contributed by atoms with Crippen LogP contribution in [0.4, 0.5) is 0 Å². The molecule has 0 N–H and O–H groups in total. The van der Waals surface area contributed by atoms with Crippen LogP contribution in [0.15, 0.2) is 170 Å². The maximum absolute atomic E-state index is 6.71. The molecule has 2 heterocycles. The SMILES string of the molecule is c1ccc(-c2nc3cccc4c3n2-c2ccc(-c3c5ccccc5c(-c5cc6ccccc6c6ccccc56)c5ccccc35)cc2O4)cc1. The highest BCUT2D eigenvalue weighted by atomic mass is 16.5. The molecule has 0 atom stereocenters. The first-order valence-corrected chi connectivity index (χ1v) is 17.1. The third kappa shape index (κ3) is 3.83. The van der Waals surface area contributed by atoms with E-state index in [1.807, 2.05) is 18.2 Å². The molecule has 0 radical (unpaired) electrons. The van der Waals surface area contributed by atoms with Crippen molar-refractivity contribution in [2.45, 2.75) is 0 Å². The number of rotatable bonds is 3. The van der Waals surface area contributed by atoms with Gasteiger partial charge < -0.3 is 4.74 Å². The van der Waals surface area contributed by atoms with Crippen LogP contribution in [-0.4, -0.2) is 9.55 Å². The summed E-state index contributed by atoms with van der Waals surface area (Å²) < 4.78 is 8.96. The van der Waals surface area contributed by atoms with Crippen molar-refractivity contribution in [3.05, 3.63) is 170 Å². The normalized spacial score (nSPS) is 12.2. The van der Waals surface area contributed by atoms with E-state index in [0.29, 0.717) is 0 Å². The van der Waals surface area contributed by atoms with Gasteiger partial charge in [-0.3, -0.25) is 4.57 Å². The Kier molecular flexibility index (Phi) is 5.67. The molecule has 1 aliphatic heterocycles. The number of nitrogens with zero attached hydrogens (tertiary/aromatic N) is 2. The smallest absolute Gasteiger partial charge is 0.153 e. The van der Waals surface area contributed by atoms with Gasteiger partial charge in [0.25, 0.3) is 0 Å². The maximum Gasteiger partial charge on any atom is 0.153 e. The van der Waals surface area contributed by atoms with Crippen molar-refractivity contribution >= 4 is 54.1 Å². The highest BCUT2D eigenvalue weighted by molar-refractivity contribution is 6.25. The quantitative estimate of drug-likeness (QED) is 0.143. The molecule has 0 spiro atoms. The van der Waals surface area contributed by atoms with Crippen LogP contribution in [0.3, 0.4) is 0 Å². The van der Waals surface area contributed by atoms with Crippen molar-refractivity contribution in [3.63, 3.8) is 0 Å². The van der Waals surface area contributed by atoms with Crippen LogP contribution in [-0.2, 0) is 0 Å². The molecule has 0 fully saturated rings. The number of ether oxygens (including phenoxy) is 1. The predicted molar refractivity (Wildman–Crippen MR) is 207 cm³/mol. The predicted octanol–water partition coefficient (Wildman–Crippen LogP) is 12.7. The summed E-state index contributed by atoms with van der Waals surface area (Å²) in [6, 6.07) is 60.8. The van der Waals surface area contributed by atoms with E-state index in [0.717, 1.165) is 45.2 Å². The first-order valence-electron chi connectivity index (χ1n) is 17.1. The van der Waals surface area contributed by atoms with Crippen LogP contribution in [0.1, 0.15) is 0 Å². The van der Waals surface area contributed by atoms with E-state index < -0.39 is 0 Å². The lowest BCUT2D eigenvalue weighted by Crippen LogP contribution is -2.06. The topological polar surface area (TPSA) is 27.1 Å². The lowest BCUT2D eigenvalue weighted by molar-refractivity contribution is 0.476. The Morgan fingerprint density at radius 2 is 1.04 bits per heavy atom. The summed E-state index contributed by atoms with van der Waals surface area (Å²) in [4.78, 5) is 5.08. The second kappa shape index (κ2) is 10.4. The summed E-state index contributed by atoms with van der Waals surface area (Å²) in [7, 11) is 0. The zero-order valence-electron chi connectivity index (χ0n) is 27.0. The highest BCUT2D eigenvalue weighted by Gasteiger charge is 2.26. The van der Waals surface area contributed by atoms with Gasteiger partial charge >= 0.3 is 0 Å². The Balaban J connectivity index is 1.19. The van der Waals surface area contributed by atoms with Crippen molar-refractivity contribution in [1.29, 1.82) is 0 Å². The van der Waals surface area contributed by atoms with Gasteiger partial charge in [-0.1, -0.05) is 140 Å². The number of aromatic nitrogens is 2. The first-order chi connectivity index (χ1) is 24.8. The highest BCUT2D eigenvalue weighted by Crippen LogP contribution is 2.49. The molecule has 1 aliphatic rings. The lowest BCUT2D eigenvalue weighted by Gasteiger charge is -2.23. The van der Waals surface area contributed by atoms with Crippen molar-refractivity contribution < 1.29 is 4.74 Å². The maximum atomic E-state index is 6.71. The molecule has 3 nitrogen and oxygen atoms in total. The first kappa shape index (κ1) is 27.3. The van der Waals surface area contributed by atoms with E-state index in [2.05, 4.69) is 156 Å². The van der Waals surface area contributed by atoms with E-state index in [-0.39, 0.29) is 0 Å². The van der Waals surface area contributed by atoms with Crippen molar-refractivity contribution in [1.82, 2.24) is 9.55 Å². The van der Waals surface area contributed by atoms with Gasteiger partial charge in [0.2, 0.25) is 0 Å². The standard InChI is InChI=1S/C47H28N2O/c1-2-13-29(14-3-1)47-48-40-23-12-24-42-46(40)49(47)41-26-25-31(28-43(41)50-42)44-35-19-8-10-21-37(35)45(38-22-11-9-20-36(38)44)39-27-30-15-4-5-16-32(30)33-17-6-7-18-34(33)39/h1-28H. The zero-order valence-corrected chi connectivity index (χ0v) is 27.0. The number of para-hydroxylation sites is 1. The molecular weight excluding hydrogens is 609 g/mol. The molecule has 0 unspecified atom stereocenters. The molecule has 3 heteroatoms. The van der Waals surface area contributed by atoms with Gasteiger partial charge in [-0.05, 0) is 95.7 Å². The van der Waals surface area contributed by atoms with E-state index in [4.69, 9.17) is 9.72 Å². The molecule has 1 aromatic heterocycles. The van der Waals surface area contributed by atoms with Gasteiger partial charge in [0.05, 0.1) is 11.2 Å². The van der Waals surface area contributed by atoms with Crippen molar-refractivity contribution in [2.24, 2.45) is 0 Å². The minimum atomic E-state index is 0.815. The third-order valence-electron chi connectivity index (χ3n) is 10.3. The largest absolute Gasteiger partial charge is 0.453 e. The van der Waals surface area contributed by atoms with Crippen molar-refractivity contribution in [3.8, 4) is 50.8 Å². The summed E-state index contributed by atoms with van der Waals surface area (Å²) in [6.07, 6.45) is 0. The second-order valence-electron chi connectivity index (χ2n) is 13.1. The van der Waals surface area contributed by atoms with Crippen LogP contribution < -0.4 is 4.74 Å². The molecule has 0 bridgehead atoms. The third-order valence-corrected chi connectivity index (χ3v) is 10.3. The van der Waals surface area contributed by atoms with Crippen LogP contribution >= 0.6 is 0 Å². The molecule has 0 amide bonds. The molecule has 0 aliphatic carbocycles. The molecule has 232 valence electrons. The van der Waals surface area contributed by atoms with E-state index in [1.54, 1.807) is 0 Å². The fraction of sp³-hybridized carbons (Fsp3) is 0. The molecule has 0 saturated heterocycles. The number of hydrogen-bond donors (Lipinski definition) is 0. The molecular formula is C47H28N2O. The summed E-state index contributed by atoms with van der Waals surface area (Å²) in [6.45, 7) is 0. The van der Waals surface area contributed by atoms with Crippen LogP contribution in [0.5, 0.6) is 11.5 Å². The van der Waals surface area contributed by atoms with Crippen molar-refractivity contribution in [2.75, 3.05) is 0 Å². The Morgan fingerprint density at radius 1 is 0.420 bits per heavy atom. The van der Waals surface area contributed by atoms with Gasteiger partial charge in [0.1, 0.15) is 11.3 Å². The van der Waals surface area contributed by atoms with E-state index in [1.165, 1.54) is 59.8 Å². The summed E-state index contributed by atoms with van der Waals surface area (Å²) >= 11 is 0. The average Bonchev–Trinajstić information content (AvgIpc) is 3.58. The summed E-state index contributed by atoms with van der Waals surface area (Å²) in [5.41, 5.74) is 8.80. The molecule has 9 aromatic carbocycles. The van der Waals surface area contributed by atoms with Gasteiger partial charge in [0, 0.05) is 5.56 Å². The van der Waals surface area contributed by atoms with Gasteiger partial charge in [-0.25, -0.2) is 4.98 Å². The Labute approximate surface area is 288 Å². The minimum absolute atomic E-state index is 0.815. The fourth-order valence-electron chi connectivity index (χ4n) is 8.24. The van der Waals surface area contributed by atoms with Crippen LogP contribution in [0.2, 0.25) is 0 Å². The molecule has 50 heavy (non-hydrogen) atoms. The second-order valence-corrected chi connectivity index (χ2v) is 13.1. The Morgan fingerprint density at radius 3 is 1.78 bits per heavy atom. The number of benzene rings is 9. The van der Waals surface area contributed by atoms with Crippen LogP contribution in [0, 0.1) is 0 Å². The average molecular weight is 637 g/mol. The number of imidazole rings is 1. The van der Waals surface area contributed by atoms with E-state index in [9.17, 15) is 0 Å². The Bertz CT molecular complexity index is 2950. The van der Waals surface area contributed by atoms with E-state index >= 15 is 0 Å². The zero-order chi connectivity index (χ0) is 32.8. The minimum Gasteiger partial charge on any atom is -0.453 e. The lowest BCUT2D eigenvalue weighted by atomic mass is 9.84. The molecule has 10 aromatic rings. The molecule has 11 rings (SSSR count). The van der Waals surface area contributed by atoms with Gasteiger partial charge in [0.15, 0.2) is 11.5 Å². The fourth-order valence-corrected chi connectivity index (χ4v) is 8.24. The summed E-state index contributed by atoms with van der Waals surface area (Å²) in [5.74, 6) is 2.54. The van der Waals surface area contributed by atoms with Crippen LogP contribution in [0.25, 0.3) is 93.5 Å². The molecule has 0 saturated carbocycles. The van der Waals surface area contributed by atoms with Gasteiger partial charge in [-0.15, -0.1) is 0 Å². The number of hydrogen-bond acceptors (Lipinski definition) is 2. The Hall–Kier alpha value is -6.71.